The molecule has 12 heavy (non-hydrogen) atoms. The lowest BCUT2D eigenvalue weighted by molar-refractivity contribution is 0.555. The monoisotopic (exact) mass is 162 g/mol. The van der Waals surface area contributed by atoms with Crippen LogP contribution in [0.15, 0.2) is 24.5 Å². The third-order valence-electron chi connectivity index (χ3n) is 2.90. The fourth-order valence-electron chi connectivity index (χ4n) is 1.80. The summed E-state index contributed by atoms with van der Waals surface area (Å²) < 4.78 is 0. The Kier molecular flexibility index (Phi) is 1.65. The average molecular weight is 162 g/mol. The van der Waals surface area contributed by atoms with E-state index in [4.69, 9.17) is 5.73 Å². The van der Waals surface area contributed by atoms with Crippen molar-refractivity contribution in [2.75, 3.05) is 0 Å². The van der Waals surface area contributed by atoms with Crippen molar-refractivity contribution < 1.29 is 0 Å². The molecule has 0 radical (unpaired) electrons. The van der Waals surface area contributed by atoms with Gasteiger partial charge in [-0.3, -0.25) is 4.98 Å². The first kappa shape index (κ1) is 7.74. The fraction of sp³-hybridized carbons (Fsp3) is 0.500. The molecule has 1 aromatic heterocycles. The quantitative estimate of drug-likeness (QED) is 0.715. The first-order valence-electron chi connectivity index (χ1n) is 4.42. The Bertz CT molecular complexity index is 262. The van der Waals surface area contributed by atoms with Crippen LogP contribution in [0.1, 0.15) is 25.3 Å². The second kappa shape index (κ2) is 2.56. The molecule has 1 aromatic rings. The number of rotatable bonds is 2. The Morgan fingerprint density at radius 2 is 2.33 bits per heavy atom. The highest BCUT2D eigenvalue weighted by Gasteiger charge is 2.47. The van der Waals surface area contributed by atoms with E-state index in [1.807, 2.05) is 12.3 Å². The Labute approximate surface area is 72.8 Å². The largest absolute Gasteiger partial charge is 0.327 e. The third kappa shape index (κ3) is 1.03. The van der Waals surface area contributed by atoms with Crippen LogP contribution in [0.25, 0.3) is 0 Å². The van der Waals surface area contributed by atoms with Gasteiger partial charge in [0.25, 0.3) is 0 Å². The molecule has 64 valence electrons. The van der Waals surface area contributed by atoms with Crippen LogP contribution in [0.2, 0.25) is 0 Å². The molecule has 0 aromatic carbocycles. The topological polar surface area (TPSA) is 38.9 Å². The molecule has 1 saturated carbocycles. The van der Waals surface area contributed by atoms with Gasteiger partial charge < -0.3 is 5.73 Å². The van der Waals surface area contributed by atoms with Crippen LogP contribution >= 0.6 is 0 Å². The molecule has 1 atom stereocenters. The summed E-state index contributed by atoms with van der Waals surface area (Å²) in [5.74, 6) is 0. The predicted octanol–water partition coefficient (Wildman–Crippen LogP) is 1.46. The molecule has 0 amide bonds. The van der Waals surface area contributed by atoms with Crippen molar-refractivity contribution >= 4 is 0 Å². The first-order valence-corrected chi connectivity index (χ1v) is 4.42. The van der Waals surface area contributed by atoms with Crippen molar-refractivity contribution in [3.63, 3.8) is 0 Å². The number of nitrogens with zero attached hydrogens (tertiary/aromatic N) is 1. The molecule has 0 saturated heterocycles. The molecule has 2 heteroatoms. The van der Waals surface area contributed by atoms with Gasteiger partial charge in [0.1, 0.15) is 0 Å². The van der Waals surface area contributed by atoms with Crippen molar-refractivity contribution in [3.05, 3.63) is 30.1 Å². The minimum absolute atomic E-state index is 0.252. The first-order chi connectivity index (χ1) is 5.76. The van der Waals surface area contributed by atoms with E-state index in [-0.39, 0.29) is 11.5 Å². The predicted molar refractivity (Wildman–Crippen MR) is 48.8 cm³/mol. The van der Waals surface area contributed by atoms with Gasteiger partial charge in [0.05, 0.1) is 0 Å². The fourth-order valence-corrected chi connectivity index (χ4v) is 1.80. The van der Waals surface area contributed by atoms with Crippen molar-refractivity contribution in [1.29, 1.82) is 0 Å². The summed E-state index contributed by atoms with van der Waals surface area (Å²) in [6, 6.07) is 4.36. The summed E-state index contributed by atoms with van der Waals surface area (Å²) in [5, 5.41) is 0. The highest BCUT2D eigenvalue weighted by Crippen LogP contribution is 2.49. The zero-order valence-corrected chi connectivity index (χ0v) is 7.33. The highest BCUT2D eigenvalue weighted by atomic mass is 14.7. The highest BCUT2D eigenvalue weighted by molar-refractivity contribution is 5.30. The molecular formula is C10H14N2. The molecular weight excluding hydrogens is 148 g/mol. The Morgan fingerprint density at radius 1 is 1.58 bits per heavy atom. The lowest BCUT2D eigenvalue weighted by Crippen LogP contribution is -2.31. The molecule has 1 aliphatic carbocycles. The standard InChI is InChI=1S/C10H14N2/c1-8(11)10(4-5-10)9-3-2-6-12-7-9/h2-3,6-8H,4-5,11H2,1H3. The number of pyridine rings is 1. The van der Waals surface area contributed by atoms with Crippen LogP contribution in [0.3, 0.4) is 0 Å². The number of hydrogen-bond donors (Lipinski definition) is 1. The summed E-state index contributed by atoms with van der Waals surface area (Å²) in [5.41, 5.74) is 7.50. The minimum atomic E-state index is 0.252. The van der Waals surface area contributed by atoms with Crippen LogP contribution in [-0.2, 0) is 5.41 Å². The van der Waals surface area contributed by atoms with Crippen molar-refractivity contribution in [2.45, 2.75) is 31.2 Å². The van der Waals surface area contributed by atoms with Crippen molar-refractivity contribution in [3.8, 4) is 0 Å². The maximum atomic E-state index is 5.94. The molecule has 0 bridgehead atoms. The molecule has 2 N–H and O–H groups in total. The maximum Gasteiger partial charge on any atom is 0.0306 e. The number of aromatic nitrogens is 1. The lowest BCUT2D eigenvalue weighted by Gasteiger charge is -2.19. The summed E-state index contributed by atoms with van der Waals surface area (Å²) in [6.45, 7) is 2.08. The maximum absolute atomic E-state index is 5.94. The van der Waals surface area contributed by atoms with Gasteiger partial charge in [-0.15, -0.1) is 0 Å². The molecule has 1 fully saturated rings. The van der Waals surface area contributed by atoms with E-state index in [0.717, 1.165) is 0 Å². The Morgan fingerprint density at radius 3 is 2.75 bits per heavy atom. The van der Waals surface area contributed by atoms with Crippen LogP contribution < -0.4 is 5.73 Å². The zero-order chi connectivity index (χ0) is 8.60. The molecule has 2 nitrogen and oxygen atoms in total. The van der Waals surface area contributed by atoms with Crippen LogP contribution in [0, 0.1) is 0 Å². The normalized spacial score (nSPS) is 21.8. The number of hydrogen-bond acceptors (Lipinski definition) is 2. The smallest absolute Gasteiger partial charge is 0.0306 e. The molecule has 0 spiro atoms. The second-order valence-corrected chi connectivity index (χ2v) is 3.69. The van der Waals surface area contributed by atoms with Crippen molar-refractivity contribution in [2.24, 2.45) is 5.73 Å². The van der Waals surface area contributed by atoms with Gasteiger partial charge in [0.15, 0.2) is 0 Å². The second-order valence-electron chi connectivity index (χ2n) is 3.69. The van der Waals surface area contributed by atoms with Gasteiger partial charge >= 0.3 is 0 Å². The SMILES string of the molecule is CC(N)C1(c2cccnc2)CC1. The summed E-state index contributed by atoms with van der Waals surface area (Å²) >= 11 is 0. The van der Waals surface area contributed by atoms with Gasteiger partial charge in [-0.05, 0) is 31.4 Å². The van der Waals surface area contributed by atoms with E-state index in [0.29, 0.717) is 0 Å². The van der Waals surface area contributed by atoms with Gasteiger partial charge in [0, 0.05) is 23.9 Å². The summed E-state index contributed by atoms with van der Waals surface area (Å²) in [4.78, 5) is 4.12. The van der Waals surface area contributed by atoms with E-state index >= 15 is 0 Å². The minimum Gasteiger partial charge on any atom is -0.327 e. The van der Waals surface area contributed by atoms with Gasteiger partial charge in [-0.25, -0.2) is 0 Å². The molecule has 0 aliphatic heterocycles. The summed E-state index contributed by atoms with van der Waals surface area (Å²) in [6.07, 6.45) is 6.18. The molecule has 2 rings (SSSR count). The van der Waals surface area contributed by atoms with E-state index in [2.05, 4.69) is 18.0 Å². The van der Waals surface area contributed by atoms with E-state index < -0.39 is 0 Å². The van der Waals surface area contributed by atoms with Gasteiger partial charge in [-0.2, -0.15) is 0 Å². The van der Waals surface area contributed by atoms with Crippen LogP contribution in [0.4, 0.5) is 0 Å². The summed E-state index contributed by atoms with van der Waals surface area (Å²) in [7, 11) is 0. The van der Waals surface area contributed by atoms with E-state index in [1.54, 1.807) is 6.20 Å². The Balaban J connectivity index is 2.31. The van der Waals surface area contributed by atoms with Gasteiger partial charge in [-0.1, -0.05) is 6.07 Å². The average Bonchev–Trinajstić information content (AvgIpc) is 2.86. The Hall–Kier alpha value is -0.890. The molecule has 1 aliphatic rings. The van der Waals surface area contributed by atoms with Gasteiger partial charge in [0.2, 0.25) is 0 Å². The van der Waals surface area contributed by atoms with Crippen LogP contribution in [0.5, 0.6) is 0 Å². The van der Waals surface area contributed by atoms with E-state index in [1.165, 1.54) is 18.4 Å². The number of nitrogens with two attached hydrogens (primary N) is 1. The van der Waals surface area contributed by atoms with Crippen LogP contribution in [-0.4, -0.2) is 11.0 Å². The molecule has 1 heterocycles. The lowest BCUT2D eigenvalue weighted by atomic mass is 9.91. The third-order valence-corrected chi connectivity index (χ3v) is 2.90. The molecule has 1 unspecified atom stereocenters. The van der Waals surface area contributed by atoms with E-state index in [9.17, 15) is 0 Å². The van der Waals surface area contributed by atoms with Crippen molar-refractivity contribution in [1.82, 2.24) is 4.98 Å². The zero-order valence-electron chi connectivity index (χ0n) is 7.33.